The van der Waals surface area contributed by atoms with E-state index in [2.05, 4.69) is 0 Å². The molecule has 4 heteroatoms. The minimum atomic E-state index is 0. The summed E-state index contributed by atoms with van der Waals surface area (Å²) in [6.45, 7) is 0. The topological polar surface area (TPSA) is 0 Å². The fraction of sp³-hybridized carbons (Fsp3) is 0. The Morgan fingerprint density at radius 3 is 0.500 bits per heavy atom. The van der Waals surface area contributed by atoms with Crippen LogP contribution in [-0.2, 0) is 20.4 Å². The first-order valence-electron chi connectivity index (χ1n) is 0. The molecule has 0 N–H and O–H groups in total. The van der Waals surface area contributed by atoms with E-state index in [0.29, 0.717) is 0 Å². The van der Waals surface area contributed by atoms with Crippen LogP contribution in [0.1, 0.15) is 0 Å². The van der Waals surface area contributed by atoms with Gasteiger partial charge in [-0.3, -0.25) is 0 Å². The van der Waals surface area contributed by atoms with E-state index in [1.54, 1.807) is 0 Å². The summed E-state index contributed by atoms with van der Waals surface area (Å²) in [6, 6.07) is 0. The fourth-order valence-electron chi connectivity index (χ4n) is 0. The summed E-state index contributed by atoms with van der Waals surface area (Å²) >= 11 is 0. The molecule has 0 spiro atoms. The van der Waals surface area contributed by atoms with Gasteiger partial charge in [-0.15, -0.1) is 0 Å². The zero-order valence-corrected chi connectivity index (χ0v) is 7.76. The van der Waals surface area contributed by atoms with Gasteiger partial charge in [0, 0.05) is 0 Å². The molecule has 0 unspecified atom stereocenters. The average Bonchev–Trinajstić information content (AvgIpc) is 0. The molecule has 0 aliphatic heterocycles. The first kappa shape index (κ1) is 35.9. The van der Waals surface area contributed by atoms with Gasteiger partial charge in [-0.05, 0) is 0 Å². The molecule has 0 aliphatic rings. The van der Waals surface area contributed by atoms with Crippen LogP contribution in [0.2, 0.25) is 0 Å². The maximum absolute atomic E-state index is 0. The Bertz CT molecular complexity index is 3.25. The Morgan fingerprint density at radius 2 is 0.500 bits per heavy atom. The molecule has 1 radical (unpaired) electrons. The van der Waals surface area contributed by atoms with Crippen molar-refractivity contribution >= 4 is 0 Å². The van der Waals surface area contributed by atoms with Gasteiger partial charge in [0.2, 0.25) is 0 Å². The summed E-state index contributed by atoms with van der Waals surface area (Å²) in [6.07, 6.45) is 0. The summed E-state index contributed by atoms with van der Waals surface area (Å²) in [5.74, 6) is 0. The Morgan fingerprint density at radius 1 is 0.500 bits per heavy atom. The maximum Gasteiger partial charge on any atom is 3.00 e. The Labute approximate surface area is 70.7 Å². The number of rotatable bonds is 0. The maximum atomic E-state index is 0. The van der Waals surface area contributed by atoms with Gasteiger partial charge in [0.1, 0.15) is 0 Å². The van der Waals surface area contributed by atoms with Crippen molar-refractivity contribution < 1.29 is 71.4 Å². The third kappa shape index (κ3) is 8.93. The molecule has 0 nitrogen and oxygen atoms in total. The van der Waals surface area contributed by atoms with Crippen LogP contribution in [0.25, 0.3) is 0 Å². The molecule has 4 heavy (non-hydrogen) atoms. The van der Waals surface area contributed by atoms with Crippen LogP contribution in [0.4, 0.5) is 0 Å². The van der Waals surface area contributed by atoms with Crippen molar-refractivity contribution in [3.8, 4) is 0 Å². The van der Waals surface area contributed by atoms with E-state index in [1.165, 1.54) is 0 Å². The SMILES string of the molecule is [Br-].[Br-].[Br-].[Pd+3]. The van der Waals surface area contributed by atoms with E-state index in [1.807, 2.05) is 0 Å². The van der Waals surface area contributed by atoms with Crippen molar-refractivity contribution in [3.63, 3.8) is 0 Å². The van der Waals surface area contributed by atoms with Crippen LogP contribution in [0.3, 0.4) is 0 Å². The quantitative estimate of drug-likeness (QED) is 0.383. The Kier molecular flexibility index (Phi) is 175. The van der Waals surface area contributed by atoms with Crippen molar-refractivity contribution in [1.82, 2.24) is 0 Å². The molecule has 31 valence electrons. The summed E-state index contributed by atoms with van der Waals surface area (Å²) in [4.78, 5) is 0. The van der Waals surface area contributed by atoms with E-state index in [-0.39, 0.29) is 71.4 Å². The molecular weight excluding hydrogens is 346 g/mol. The summed E-state index contributed by atoms with van der Waals surface area (Å²) < 4.78 is 0. The van der Waals surface area contributed by atoms with Gasteiger partial charge in [0.25, 0.3) is 0 Å². The first-order valence-corrected chi connectivity index (χ1v) is 0. The van der Waals surface area contributed by atoms with E-state index in [9.17, 15) is 0 Å². The number of hydrogen-bond acceptors (Lipinski definition) is 0. The molecule has 0 amide bonds. The molecule has 0 aromatic heterocycles. The van der Waals surface area contributed by atoms with Crippen LogP contribution >= 0.6 is 0 Å². The van der Waals surface area contributed by atoms with Gasteiger partial charge in [-0.2, -0.15) is 0 Å². The molecule has 0 aliphatic carbocycles. The fourth-order valence-corrected chi connectivity index (χ4v) is 0. The van der Waals surface area contributed by atoms with Gasteiger partial charge in [-0.25, -0.2) is 0 Å². The average molecular weight is 346 g/mol. The minimum Gasteiger partial charge on any atom is -1.00 e. The van der Waals surface area contributed by atoms with Gasteiger partial charge < -0.3 is 50.9 Å². The van der Waals surface area contributed by atoms with Crippen LogP contribution in [0, 0.1) is 0 Å². The van der Waals surface area contributed by atoms with Crippen LogP contribution < -0.4 is 50.9 Å². The van der Waals surface area contributed by atoms with Crippen molar-refractivity contribution in [2.75, 3.05) is 0 Å². The van der Waals surface area contributed by atoms with Crippen molar-refractivity contribution in [2.45, 2.75) is 0 Å². The predicted octanol–water partition coefficient (Wildman–Crippen LogP) is -8.99. The molecule has 0 heterocycles. The molecule has 0 atom stereocenters. The largest absolute Gasteiger partial charge is 3.00 e. The zero-order chi connectivity index (χ0) is 0. The molecule has 0 fully saturated rings. The van der Waals surface area contributed by atoms with Gasteiger partial charge in [-0.1, -0.05) is 0 Å². The molecular formula is Br3Pd. The van der Waals surface area contributed by atoms with Crippen molar-refractivity contribution in [3.05, 3.63) is 0 Å². The van der Waals surface area contributed by atoms with Crippen molar-refractivity contribution in [1.29, 1.82) is 0 Å². The molecule has 0 aromatic rings. The molecule has 0 saturated carbocycles. The Hall–Kier alpha value is 2.10. The van der Waals surface area contributed by atoms with E-state index in [4.69, 9.17) is 0 Å². The summed E-state index contributed by atoms with van der Waals surface area (Å²) in [5, 5.41) is 0. The summed E-state index contributed by atoms with van der Waals surface area (Å²) in [5.41, 5.74) is 0. The third-order valence-electron chi connectivity index (χ3n) is 0. The zero-order valence-electron chi connectivity index (χ0n) is 1.45. The molecule has 0 aromatic carbocycles. The van der Waals surface area contributed by atoms with E-state index < -0.39 is 0 Å². The number of halogens is 3. The minimum absolute atomic E-state index is 0. The van der Waals surface area contributed by atoms with Gasteiger partial charge >= 0.3 is 20.4 Å². The number of hydrogen-bond donors (Lipinski definition) is 0. The second-order valence-corrected chi connectivity index (χ2v) is 0. The second-order valence-electron chi connectivity index (χ2n) is 0. The van der Waals surface area contributed by atoms with Gasteiger partial charge in [0.05, 0.1) is 0 Å². The Balaban J connectivity index is 0. The van der Waals surface area contributed by atoms with Crippen LogP contribution in [0.15, 0.2) is 0 Å². The molecule has 0 saturated heterocycles. The smallest absolute Gasteiger partial charge is 1.00 e. The molecule has 0 bridgehead atoms. The van der Waals surface area contributed by atoms with Crippen LogP contribution in [0.5, 0.6) is 0 Å². The van der Waals surface area contributed by atoms with Crippen molar-refractivity contribution in [2.24, 2.45) is 0 Å². The van der Waals surface area contributed by atoms with E-state index >= 15 is 0 Å². The third-order valence-corrected chi connectivity index (χ3v) is 0. The first-order chi connectivity index (χ1) is 0. The monoisotopic (exact) mass is 343 g/mol. The van der Waals surface area contributed by atoms with Gasteiger partial charge in [0.15, 0.2) is 0 Å². The molecule has 0 rings (SSSR count). The van der Waals surface area contributed by atoms with Crippen LogP contribution in [-0.4, -0.2) is 0 Å². The predicted molar refractivity (Wildman–Crippen MR) is 0 cm³/mol. The normalized spacial score (nSPS) is 0. The van der Waals surface area contributed by atoms with E-state index in [0.717, 1.165) is 0 Å². The standard InChI is InChI=1S/3BrH.Pd/h3*1H;/q;;;+3/p-3. The second kappa shape index (κ2) is 19.4. The summed E-state index contributed by atoms with van der Waals surface area (Å²) in [7, 11) is 0.